The van der Waals surface area contributed by atoms with Crippen LogP contribution < -0.4 is 5.73 Å². The van der Waals surface area contributed by atoms with Crippen LogP contribution in [-0.4, -0.2) is 50.0 Å². The van der Waals surface area contributed by atoms with Gasteiger partial charge in [0.05, 0.1) is 4.87 Å². The number of nitrogens with two attached hydrogens (primary N) is 1. The number of carbonyl (C=O) groups excluding carboxylic acids is 1. The molecule has 0 radical (unpaired) electrons. The third-order valence-electron chi connectivity index (χ3n) is 2.74. The number of carboxylic acids is 1. The number of β-lactam (4-membered cyclic amide) rings is 1. The van der Waals surface area contributed by atoms with E-state index in [0.29, 0.717) is 5.75 Å². The van der Waals surface area contributed by atoms with E-state index in [0.717, 1.165) is 0 Å². The summed E-state index contributed by atoms with van der Waals surface area (Å²) in [5, 5.41) is 8.84. The van der Waals surface area contributed by atoms with E-state index in [2.05, 4.69) is 0 Å². The van der Waals surface area contributed by atoms with Crippen molar-refractivity contribution in [1.82, 2.24) is 4.90 Å². The normalized spacial score (nSPS) is 44.6. The highest BCUT2D eigenvalue weighted by molar-refractivity contribution is 8.00. The summed E-state index contributed by atoms with van der Waals surface area (Å²) in [4.78, 5) is 22.9. The first-order valence-electron chi connectivity index (χ1n) is 4.47. The maximum Gasteiger partial charge on any atom is 0.328 e. The second-order valence-corrected chi connectivity index (χ2v) is 5.96. The molecule has 0 bridgehead atoms. The smallest absolute Gasteiger partial charge is 0.328 e. The fourth-order valence-electron chi connectivity index (χ4n) is 1.96. The summed E-state index contributed by atoms with van der Waals surface area (Å²) in [5.74, 6) is -0.919. The van der Waals surface area contributed by atoms with Gasteiger partial charge in [0.25, 0.3) is 0 Å². The molecule has 0 unspecified atom stereocenters. The van der Waals surface area contributed by atoms with Gasteiger partial charge in [0.2, 0.25) is 5.91 Å². The largest absolute Gasteiger partial charge is 0.480 e. The zero-order valence-corrected chi connectivity index (χ0v) is 9.59. The average molecular weight is 251 g/mol. The van der Waals surface area contributed by atoms with Gasteiger partial charge in [0.15, 0.2) is 0 Å². The predicted molar refractivity (Wildman–Crippen MR) is 56.7 cm³/mol. The number of thioether (sulfide) groups is 1. The Labute approximate surface area is 95.9 Å². The van der Waals surface area contributed by atoms with Gasteiger partial charge in [-0.25, -0.2) is 4.79 Å². The molecule has 15 heavy (non-hydrogen) atoms. The molecule has 84 valence electrons. The summed E-state index contributed by atoms with van der Waals surface area (Å²) in [6.07, 6.45) is 0. The fraction of sp³-hybridized carbons (Fsp3) is 0.750. The first kappa shape index (κ1) is 11.0. The Morgan fingerprint density at radius 1 is 1.80 bits per heavy atom. The number of aliphatic carboxylic acids is 1. The van der Waals surface area contributed by atoms with Crippen LogP contribution in [-0.2, 0) is 9.59 Å². The molecular weight excluding hydrogens is 240 g/mol. The van der Waals surface area contributed by atoms with Crippen molar-refractivity contribution in [1.29, 1.82) is 0 Å². The van der Waals surface area contributed by atoms with E-state index >= 15 is 0 Å². The van der Waals surface area contributed by atoms with E-state index in [1.807, 2.05) is 0 Å². The first-order valence-corrected chi connectivity index (χ1v) is 5.90. The standard InChI is InChI=1S/C8H11ClN2O3S/c1-8(9)2-15-6-3(10)5(12)11(6)4(8)7(13)14/h3-4,6H,2,10H2,1H3,(H,13,14)/t3-,4+,6+,8-/m1/s1. The van der Waals surface area contributed by atoms with Gasteiger partial charge in [-0.05, 0) is 6.92 Å². The number of carboxylic acid groups (broad SMARTS) is 1. The molecule has 2 saturated heterocycles. The third kappa shape index (κ3) is 1.43. The van der Waals surface area contributed by atoms with E-state index in [4.69, 9.17) is 22.4 Å². The molecule has 2 aliphatic rings. The molecule has 7 heteroatoms. The number of amides is 1. The van der Waals surface area contributed by atoms with Crippen LogP contribution >= 0.6 is 23.4 Å². The number of alkyl halides is 1. The Morgan fingerprint density at radius 2 is 2.40 bits per heavy atom. The predicted octanol–water partition coefficient (Wildman–Crippen LogP) is -0.321. The molecule has 3 N–H and O–H groups in total. The molecule has 0 spiro atoms. The van der Waals surface area contributed by atoms with Gasteiger partial charge in [-0.3, -0.25) is 4.79 Å². The van der Waals surface area contributed by atoms with Crippen molar-refractivity contribution in [3.63, 3.8) is 0 Å². The third-order valence-corrected chi connectivity index (χ3v) is 4.87. The molecule has 2 fully saturated rings. The lowest BCUT2D eigenvalue weighted by atomic mass is 9.94. The highest BCUT2D eigenvalue weighted by atomic mass is 35.5. The highest BCUT2D eigenvalue weighted by Crippen LogP contribution is 2.44. The monoisotopic (exact) mass is 250 g/mol. The van der Waals surface area contributed by atoms with Crippen LogP contribution in [0.3, 0.4) is 0 Å². The number of nitrogens with zero attached hydrogens (tertiary/aromatic N) is 1. The van der Waals surface area contributed by atoms with E-state index in [-0.39, 0.29) is 11.3 Å². The molecule has 0 aromatic heterocycles. The SMILES string of the molecule is C[C@@]1(Cl)CS[C@H]2[C@H](N)C(=O)N2[C@H]1C(=O)O. The molecular formula is C8H11ClN2O3S. The van der Waals surface area contributed by atoms with Crippen molar-refractivity contribution in [2.75, 3.05) is 5.75 Å². The Bertz CT molecular complexity index is 336. The topological polar surface area (TPSA) is 83.6 Å². The summed E-state index contributed by atoms with van der Waals surface area (Å²) in [6.45, 7) is 1.63. The van der Waals surface area contributed by atoms with Crippen LogP contribution in [0.2, 0.25) is 0 Å². The van der Waals surface area contributed by atoms with Crippen molar-refractivity contribution >= 4 is 35.2 Å². The molecule has 5 nitrogen and oxygen atoms in total. The molecule has 0 saturated carbocycles. The molecule has 0 aromatic rings. The second-order valence-electron chi connectivity index (χ2n) is 3.99. The Balaban J connectivity index is 2.30. The van der Waals surface area contributed by atoms with Gasteiger partial charge in [-0.2, -0.15) is 0 Å². The quantitative estimate of drug-likeness (QED) is 0.492. The second kappa shape index (κ2) is 3.26. The van der Waals surface area contributed by atoms with Crippen molar-refractivity contribution in [2.24, 2.45) is 5.73 Å². The Hall–Kier alpha value is -0.460. The Morgan fingerprint density at radius 3 is 2.93 bits per heavy atom. The van der Waals surface area contributed by atoms with Crippen LogP contribution in [0.4, 0.5) is 0 Å². The summed E-state index contributed by atoms with van der Waals surface area (Å²) >= 11 is 7.54. The van der Waals surface area contributed by atoms with Gasteiger partial charge in [-0.15, -0.1) is 23.4 Å². The van der Waals surface area contributed by atoms with Crippen LogP contribution in [0.25, 0.3) is 0 Å². The van der Waals surface area contributed by atoms with Crippen molar-refractivity contribution < 1.29 is 14.7 Å². The first-order chi connectivity index (χ1) is 6.86. The molecule has 0 aromatic carbocycles. The lowest BCUT2D eigenvalue weighted by Crippen LogP contribution is -2.76. The van der Waals surface area contributed by atoms with E-state index in [1.165, 1.54) is 16.7 Å². The van der Waals surface area contributed by atoms with Crippen LogP contribution in [0.5, 0.6) is 0 Å². The van der Waals surface area contributed by atoms with Crippen LogP contribution in [0.15, 0.2) is 0 Å². The van der Waals surface area contributed by atoms with E-state index in [9.17, 15) is 9.59 Å². The minimum Gasteiger partial charge on any atom is -0.480 e. The maximum absolute atomic E-state index is 11.5. The zero-order chi connectivity index (χ0) is 11.4. The highest BCUT2D eigenvalue weighted by Gasteiger charge is 2.59. The van der Waals surface area contributed by atoms with Gasteiger partial charge < -0.3 is 15.7 Å². The van der Waals surface area contributed by atoms with Gasteiger partial charge >= 0.3 is 5.97 Å². The number of rotatable bonds is 1. The average Bonchev–Trinajstić information content (AvgIpc) is 2.14. The van der Waals surface area contributed by atoms with E-state index < -0.39 is 22.9 Å². The zero-order valence-electron chi connectivity index (χ0n) is 8.01. The van der Waals surface area contributed by atoms with E-state index in [1.54, 1.807) is 6.92 Å². The van der Waals surface area contributed by atoms with Gasteiger partial charge in [0.1, 0.15) is 17.5 Å². The number of hydrogen-bond donors (Lipinski definition) is 2. The van der Waals surface area contributed by atoms with Crippen molar-refractivity contribution in [2.45, 2.75) is 29.3 Å². The lowest BCUT2D eigenvalue weighted by Gasteiger charge is -2.54. The number of fused-ring (bicyclic) bond motifs is 1. The summed E-state index contributed by atoms with van der Waals surface area (Å²) < 4.78 is 0. The summed E-state index contributed by atoms with van der Waals surface area (Å²) in [6, 6.07) is -1.55. The number of hydrogen-bond acceptors (Lipinski definition) is 4. The van der Waals surface area contributed by atoms with Crippen LogP contribution in [0.1, 0.15) is 6.92 Å². The van der Waals surface area contributed by atoms with Crippen molar-refractivity contribution in [3.05, 3.63) is 0 Å². The maximum atomic E-state index is 11.5. The molecule has 2 heterocycles. The fourth-order valence-corrected chi connectivity index (χ4v) is 3.71. The minimum atomic E-state index is -1.07. The van der Waals surface area contributed by atoms with Crippen LogP contribution in [0, 0.1) is 0 Å². The number of carbonyl (C=O) groups is 2. The van der Waals surface area contributed by atoms with Crippen molar-refractivity contribution in [3.8, 4) is 0 Å². The molecule has 2 rings (SSSR count). The molecule has 4 atom stereocenters. The summed E-state index contributed by atoms with van der Waals surface area (Å²) in [7, 11) is 0. The molecule has 0 aliphatic carbocycles. The van der Waals surface area contributed by atoms with Gasteiger partial charge in [0, 0.05) is 5.75 Å². The van der Waals surface area contributed by atoms with Gasteiger partial charge in [-0.1, -0.05) is 0 Å². The molecule has 2 aliphatic heterocycles. The molecule has 1 amide bonds. The minimum absolute atomic E-state index is 0.231. The lowest BCUT2D eigenvalue weighted by molar-refractivity contribution is -0.161. The summed E-state index contributed by atoms with van der Waals surface area (Å²) in [5.41, 5.74) is 5.58. The number of halogens is 1. The Kier molecular flexibility index (Phi) is 2.40.